The van der Waals surface area contributed by atoms with Crippen molar-refractivity contribution in [1.29, 1.82) is 0 Å². The van der Waals surface area contributed by atoms with E-state index < -0.39 is 0 Å². The van der Waals surface area contributed by atoms with Crippen LogP contribution in [0, 0.1) is 5.41 Å². The lowest BCUT2D eigenvalue weighted by Gasteiger charge is -2.74. The van der Waals surface area contributed by atoms with Gasteiger partial charge in [0.15, 0.2) is 0 Å². The van der Waals surface area contributed by atoms with Crippen LogP contribution >= 0.6 is 0 Å². The summed E-state index contributed by atoms with van der Waals surface area (Å²) >= 11 is 0. The molecule has 0 aromatic rings. The zero-order valence-electron chi connectivity index (χ0n) is 16.9. The van der Waals surface area contributed by atoms with Gasteiger partial charge < -0.3 is 9.64 Å². The van der Waals surface area contributed by atoms with Crippen LogP contribution in [0.4, 0.5) is 0 Å². The van der Waals surface area contributed by atoms with Crippen molar-refractivity contribution in [3.63, 3.8) is 0 Å². The fourth-order valence-corrected chi connectivity index (χ4v) is 3.86. The third-order valence-corrected chi connectivity index (χ3v) is 6.97. The Labute approximate surface area is 141 Å². The van der Waals surface area contributed by atoms with E-state index in [0.29, 0.717) is 0 Å². The molecular formula is C9H29B10NO. The molecule has 1 aliphatic heterocycles. The van der Waals surface area contributed by atoms with Crippen molar-refractivity contribution < 1.29 is 4.74 Å². The Morgan fingerprint density at radius 2 is 1.00 bits per heavy atom. The zero-order chi connectivity index (χ0) is 17.3. The number of nitrogens with zero attached hydrogens (tertiary/aromatic N) is 1. The fraction of sp³-hybridized carbons (Fsp3) is 1.00. The van der Waals surface area contributed by atoms with Crippen molar-refractivity contribution in [2.24, 2.45) is 5.41 Å². The summed E-state index contributed by atoms with van der Waals surface area (Å²) < 4.78 is 6.59. The van der Waals surface area contributed by atoms with Gasteiger partial charge in [0, 0.05) is 10.8 Å². The third kappa shape index (κ3) is 2.67. The maximum atomic E-state index is 6.59. The van der Waals surface area contributed by atoms with Crippen molar-refractivity contribution in [2.45, 2.75) is 47.6 Å². The lowest BCUT2D eigenvalue weighted by molar-refractivity contribution is -0.134. The molecule has 0 amide bonds. The SMILES string of the molecule is BC1(B)OC(B)(B)C(B)(B)N(C(B)(B)C(C)(C)C)C1(B)B. The maximum absolute atomic E-state index is 6.59. The molecule has 0 radical (unpaired) electrons. The van der Waals surface area contributed by atoms with Crippen molar-refractivity contribution in [3.05, 3.63) is 0 Å². The Balaban J connectivity index is 3.63. The minimum absolute atomic E-state index is 0.0400. The van der Waals surface area contributed by atoms with Gasteiger partial charge in [-0.3, -0.25) is 0 Å². The van der Waals surface area contributed by atoms with Gasteiger partial charge in [-0.1, -0.05) is 20.8 Å². The van der Waals surface area contributed by atoms with Crippen LogP contribution in [-0.4, -0.2) is 110 Å². The van der Waals surface area contributed by atoms with Crippen LogP contribution < -0.4 is 0 Å². The average molecular weight is 275 g/mol. The topological polar surface area (TPSA) is 12.5 Å². The summed E-state index contributed by atoms with van der Waals surface area (Å²) in [6, 6.07) is 0. The second kappa shape index (κ2) is 4.79. The van der Waals surface area contributed by atoms with Crippen LogP contribution in [0.25, 0.3) is 0 Å². The molecule has 0 aromatic heterocycles. The monoisotopic (exact) mass is 277 g/mol. The molecule has 0 atom stereocenters. The molecular weight excluding hydrogens is 246 g/mol. The molecule has 21 heavy (non-hydrogen) atoms. The van der Waals surface area contributed by atoms with Crippen molar-refractivity contribution in [2.75, 3.05) is 0 Å². The molecule has 1 rings (SSSR count). The first kappa shape index (κ1) is 19.6. The molecule has 0 saturated carbocycles. The minimum Gasteiger partial charge on any atom is -0.403 e. The largest absolute Gasteiger partial charge is 0.403 e. The predicted molar refractivity (Wildman–Crippen MR) is 121 cm³/mol. The Hall–Kier alpha value is 0.569. The molecule has 1 fully saturated rings. The van der Waals surface area contributed by atoms with Crippen LogP contribution in [0.5, 0.6) is 0 Å². The summed E-state index contributed by atoms with van der Waals surface area (Å²) in [5.41, 5.74) is 0.172. The number of hydrogen-bond acceptors (Lipinski definition) is 2. The van der Waals surface area contributed by atoms with E-state index in [1.807, 2.05) is 0 Å². The van der Waals surface area contributed by atoms with Crippen LogP contribution in [0.15, 0.2) is 0 Å². The van der Waals surface area contributed by atoms with Gasteiger partial charge in [0.1, 0.15) is 78.5 Å². The highest BCUT2D eigenvalue weighted by Gasteiger charge is 2.62. The smallest absolute Gasteiger partial charge is 0.132 e. The Kier molecular flexibility index (Phi) is 4.47. The summed E-state index contributed by atoms with van der Waals surface area (Å²) in [5, 5.41) is -0.521. The molecule has 1 saturated heterocycles. The minimum atomic E-state index is -0.214. The highest BCUT2D eigenvalue weighted by Crippen LogP contribution is 2.46. The maximum Gasteiger partial charge on any atom is 0.132 e. The standard InChI is InChI=1S/C9H29B10NO/c1-4(2,3)5(10,11)20-6(12,13)8(16,17)21-9(18,19)7(20,14)15/h10-19H2,1-3H3. The predicted octanol–water partition coefficient (Wildman–Crippen LogP) is -9.04. The van der Waals surface area contributed by atoms with Crippen LogP contribution in [0.1, 0.15) is 20.8 Å². The van der Waals surface area contributed by atoms with Gasteiger partial charge in [-0.2, -0.15) is 0 Å². The van der Waals surface area contributed by atoms with Gasteiger partial charge in [0.25, 0.3) is 0 Å². The van der Waals surface area contributed by atoms with Gasteiger partial charge in [-0.15, -0.1) is 0 Å². The highest BCUT2D eigenvalue weighted by molar-refractivity contribution is 6.60. The van der Waals surface area contributed by atoms with E-state index in [1.54, 1.807) is 0 Å². The summed E-state index contributed by atoms with van der Waals surface area (Å²) in [6.07, 6.45) is 0. The Bertz CT molecular complexity index is 390. The van der Waals surface area contributed by atoms with E-state index in [4.69, 9.17) is 4.74 Å². The summed E-state index contributed by atoms with van der Waals surface area (Å²) in [6.45, 7) is 7.03. The van der Waals surface area contributed by atoms with Crippen LogP contribution in [0.3, 0.4) is 0 Å². The van der Waals surface area contributed by atoms with E-state index in [-0.39, 0.29) is 32.2 Å². The van der Waals surface area contributed by atoms with Gasteiger partial charge in [-0.05, 0) is 21.4 Å². The van der Waals surface area contributed by atoms with E-state index in [1.165, 1.54) is 0 Å². The molecule has 12 heteroatoms. The number of hydrogen-bond donors (Lipinski definition) is 0. The Morgan fingerprint density at radius 3 is 1.24 bits per heavy atom. The highest BCUT2D eigenvalue weighted by atomic mass is 16.5. The van der Waals surface area contributed by atoms with Gasteiger partial charge in [0.2, 0.25) is 0 Å². The summed E-state index contributed by atoms with van der Waals surface area (Å²) in [7, 11) is 23.0. The molecule has 1 aliphatic rings. The van der Waals surface area contributed by atoms with E-state index in [2.05, 4.69) is 104 Å². The van der Waals surface area contributed by atoms with Crippen molar-refractivity contribution >= 4 is 78.5 Å². The molecule has 0 bridgehead atoms. The average Bonchev–Trinajstić information content (AvgIpc) is 2.09. The molecule has 0 unspecified atom stereocenters. The number of ether oxygens (including phenoxy) is 1. The summed E-state index contributed by atoms with van der Waals surface area (Å²) in [4.78, 5) is 2.72. The van der Waals surface area contributed by atoms with Crippen molar-refractivity contribution in [3.8, 4) is 0 Å². The first-order valence-electron chi connectivity index (χ1n) is 8.33. The first-order valence-corrected chi connectivity index (χ1v) is 8.33. The molecule has 0 spiro atoms. The number of morpholine rings is 1. The molecule has 106 valence electrons. The van der Waals surface area contributed by atoms with E-state index in [0.717, 1.165) is 0 Å². The van der Waals surface area contributed by atoms with Gasteiger partial charge in [-0.25, -0.2) is 0 Å². The third-order valence-electron chi connectivity index (χ3n) is 6.97. The van der Waals surface area contributed by atoms with E-state index >= 15 is 0 Å². The molecule has 0 aromatic carbocycles. The lowest BCUT2D eigenvalue weighted by atomic mass is 9.27. The first-order chi connectivity index (χ1) is 8.82. The summed E-state index contributed by atoms with van der Waals surface area (Å²) in [5.74, 6) is 0. The molecule has 0 N–H and O–H groups in total. The Morgan fingerprint density at radius 1 is 0.714 bits per heavy atom. The number of rotatable bonds is 1. The van der Waals surface area contributed by atoms with Gasteiger partial charge in [0.05, 0.1) is 0 Å². The second-order valence-electron chi connectivity index (χ2n) is 10.4. The zero-order valence-corrected chi connectivity index (χ0v) is 16.9. The molecule has 1 heterocycles. The quantitative estimate of drug-likeness (QED) is 0.441. The lowest BCUT2D eigenvalue weighted by Crippen LogP contribution is -2.90. The van der Waals surface area contributed by atoms with Crippen molar-refractivity contribution in [1.82, 2.24) is 4.90 Å². The second-order valence-corrected chi connectivity index (χ2v) is 10.4. The van der Waals surface area contributed by atoms with Gasteiger partial charge >= 0.3 is 0 Å². The van der Waals surface area contributed by atoms with Crippen LogP contribution in [-0.2, 0) is 4.74 Å². The van der Waals surface area contributed by atoms with Crippen LogP contribution in [0.2, 0.25) is 0 Å². The molecule has 2 nitrogen and oxygen atoms in total. The van der Waals surface area contributed by atoms with E-state index in [9.17, 15) is 0 Å². The fourth-order valence-electron chi connectivity index (χ4n) is 3.86. The normalized spacial score (nSPS) is 28.0. The molecule has 0 aliphatic carbocycles.